The fraction of sp³-hybridized carbons (Fsp3) is 0.455. The number of ether oxygens (including phenoxy) is 1. The highest BCUT2D eigenvalue weighted by atomic mass is 16.5. The fourth-order valence-electron chi connectivity index (χ4n) is 1.23. The molecule has 1 amide bonds. The van der Waals surface area contributed by atoms with Gasteiger partial charge in [-0.25, -0.2) is 4.98 Å². The van der Waals surface area contributed by atoms with Crippen LogP contribution in [0.4, 0.5) is 0 Å². The summed E-state index contributed by atoms with van der Waals surface area (Å²) in [7, 11) is 0. The number of amides is 1. The van der Waals surface area contributed by atoms with Crippen molar-refractivity contribution >= 4 is 5.91 Å². The lowest BCUT2D eigenvalue weighted by Crippen LogP contribution is -2.22. The van der Waals surface area contributed by atoms with Crippen molar-refractivity contribution in [2.45, 2.75) is 13.8 Å². The van der Waals surface area contributed by atoms with E-state index in [1.807, 2.05) is 13.8 Å². The van der Waals surface area contributed by atoms with Crippen molar-refractivity contribution in [2.24, 2.45) is 5.73 Å². The number of hydrogen-bond donors (Lipinski definition) is 2. The molecule has 0 unspecified atom stereocenters. The summed E-state index contributed by atoms with van der Waals surface area (Å²) in [5.74, 6) is -0.212. The van der Waals surface area contributed by atoms with Gasteiger partial charge in [-0.3, -0.25) is 4.79 Å². The summed E-state index contributed by atoms with van der Waals surface area (Å²) in [4.78, 5) is 15.2. The summed E-state index contributed by atoms with van der Waals surface area (Å²) in [6.07, 6.45) is 0. The van der Waals surface area contributed by atoms with Gasteiger partial charge in [-0.1, -0.05) is 6.92 Å². The number of aryl methyl sites for hydroxylation is 1. The molecule has 1 rings (SSSR count). The lowest BCUT2D eigenvalue weighted by Gasteiger charge is -2.09. The predicted molar refractivity (Wildman–Crippen MR) is 61.5 cm³/mol. The van der Waals surface area contributed by atoms with Crippen molar-refractivity contribution in [2.75, 3.05) is 19.7 Å². The topological polar surface area (TPSA) is 77.2 Å². The van der Waals surface area contributed by atoms with E-state index in [2.05, 4.69) is 10.3 Å². The van der Waals surface area contributed by atoms with Crippen LogP contribution in [0, 0.1) is 6.92 Å². The molecule has 3 N–H and O–H groups in total. The molecule has 1 aromatic heterocycles. The Kier molecular flexibility index (Phi) is 4.72. The molecule has 0 radical (unpaired) electrons. The van der Waals surface area contributed by atoms with E-state index in [1.165, 1.54) is 0 Å². The maximum absolute atomic E-state index is 11.1. The summed E-state index contributed by atoms with van der Waals surface area (Å²) >= 11 is 0. The summed E-state index contributed by atoms with van der Waals surface area (Å²) < 4.78 is 5.41. The van der Waals surface area contributed by atoms with Gasteiger partial charge in [0.1, 0.15) is 12.2 Å². The van der Waals surface area contributed by atoms with Crippen LogP contribution in [0.25, 0.3) is 0 Å². The summed E-state index contributed by atoms with van der Waals surface area (Å²) in [6.45, 7) is 5.91. The Labute approximate surface area is 95.0 Å². The monoisotopic (exact) mass is 223 g/mol. The van der Waals surface area contributed by atoms with Crippen molar-refractivity contribution < 1.29 is 9.53 Å². The molecule has 1 heterocycles. The zero-order chi connectivity index (χ0) is 12.0. The Morgan fingerprint density at radius 1 is 1.56 bits per heavy atom. The molecule has 88 valence electrons. The second kappa shape index (κ2) is 6.07. The maximum Gasteiger partial charge on any atom is 0.254 e. The van der Waals surface area contributed by atoms with Crippen LogP contribution >= 0.6 is 0 Å². The smallest absolute Gasteiger partial charge is 0.254 e. The molecule has 0 atom stereocenters. The van der Waals surface area contributed by atoms with Gasteiger partial charge < -0.3 is 15.8 Å². The normalized spacial score (nSPS) is 10.1. The molecule has 0 aliphatic rings. The Balaban J connectivity index is 2.68. The minimum absolute atomic E-state index is 0.311. The zero-order valence-corrected chi connectivity index (χ0v) is 9.62. The van der Waals surface area contributed by atoms with Crippen LogP contribution in [0.1, 0.15) is 23.0 Å². The number of aromatic nitrogens is 1. The minimum atomic E-state index is -0.522. The Morgan fingerprint density at radius 3 is 2.94 bits per heavy atom. The third kappa shape index (κ3) is 3.51. The van der Waals surface area contributed by atoms with E-state index in [1.54, 1.807) is 12.1 Å². The van der Waals surface area contributed by atoms with E-state index in [4.69, 9.17) is 10.5 Å². The molecule has 0 saturated heterocycles. The van der Waals surface area contributed by atoms with Crippen LogP contribution in [0.15, 0.2) is 12.1 Å². The average Bonchev–Trinajstić information content (AvgIpc) is 2.24. The second-order valence-corrected chi connectivity index (χ2v) is 3.37. The summed E-state index contributed by atoms with van der Waals surface area (Å²) in [6, 6.07) is 3.37. The lowest BCUT2D eigenvalue weighted by atomic mass is 10.2. The van der Waals surface area contributed by atoms with Crippen LogP contribution < -0.4 is 15.8 Å². The number of hydrogen-bond acceptors (Lipinski definition) is 4. The molecule has 0 aliphatic heterocycles. The number of nitrogens with zero attached hydrogens (tertiary/aromatic N) is 1. The highest BCUT2D eigenvalue weighted by Gasteiger charge is 2.10. The quantitative estimate of drug-likeness (QED) is 0.687. The average molecular weight is 223 g/mol. The third-order valence-electron chi connectivity index (χ3n) is 2.03. The molecule has 0 aliphatic carbocycles. The highest BCUT2D eigenvalue weighted by molar-refractivity contribution is 5.95. The van der Waals surface area contributed by atoms with Crippen LogP contribution in [-0.2, 0) is 0 Å². The van der Waals surface area contributed by atoms with E-state index >= 15 is 0 Å². The number of rotatable bonds is 6. The number of pyridine rings is 1. The van der Waals surface area contributed by atoms with Gasteiger partial charge in [-0.05, 0) is 25.6 Å². The number of likely N-dealkylation sites (N-methyl/N-ethyl adjacent to an activating group) is 1. The SMILES string of the molecule is CCNCCOc1nc(C)ccc1C(N)=O. The maximum atomic E-state index is 11.1. The van der Waals surface area contributed by atoms with Gasteiger partial charge in [-0.2, -0.15) is 0 Å². The standard InChI is InChI=1S/C11H17N3O2/c1-3-13-6-7-16-11-9(10(12)15)5-4-8(2)14-11/h4-5,13H,3,6-7H2,1-2H3,(H2,12,15). The number of primary amides is 1. The first-order valence-electron chi connectivity index (χ1n) is 5.26. The number of nitrogens with one attached hydrogen (secondary N) is 1. The van der Waals surface area contributed by atoms with E-state index in [-0.39, 0.29) is 0 Å². The largest absolute Gasteiger partial charge is 0.476 e. The van der Waals surface area contributed by atoms with E-state index in [0.29, 0.717) is 24.6 Å². The number of carbonyl (C=O) groups is 1. The van der Waals surface area contributed by atoms with Crippen LogP contribution in [0.2, 0.25) is 0 Å². The van der Waals surface area contributed by atoms with Crippen LogP contribution in [0.3, 0.4) is 0 Å². The Morgan fingerprint density at radius 2 is 2.31 bits per heavy atom. The minimum Gasteiger partial charge on any atom is -0.476 e. The van der Waals surface area contributed by atoms with Gasteiger partial charge in [0, 0.05) is 12.2 Å². The van der Waals surface area contributed by atoms with Gasteiger partial charge in [0.15, 0.2) is 0 Å². The summed E-state index contributed by atoms with van der Waals surface area (Å²) in [5.41, 5.74) is 6.34. The van der Waals surface area contributed by atoms with Crippen molar-refractivity contribution in [1.82, 2.24) is 10.3 Å². The molecular weight excluding hydrogens is 206 g/mol. The van der Waals surface area contributed by atoms with Crippen molar-refractivity contribution in [1.29, 1.82) is 0 Å². The highest BCUT2D eigenvalue weighted by Crippen LogP contribution is 2.15. The molecule has 0 spiro atoms. The van der Waals surface area contributed by atoms with Crippen molar-refractivity contribution in [3.63, 3.8) is 0 Å². The van der Waals surface area contributed by atoms with Gasteiger partial charge in [0.05, 0.1) is 0 Å². The van der Waals surface area contributed by atoms with Gasteiger partial charge in [0.25, 0.3) is 5.91 Å². The molecule has 0 saturated carbocycles. The van der Waals surface area contributed by atoms with Crippen molar-refractivity contribution in [3.8, 4) is 5.88 Å². The van der Waals surface area contributed by atoms with E-state index in [9.17, 15) is 4.79 Å². The first kappa shape index (κ1) is 12.4. The van der Waals surface area contributed by atoms with Gasteiger partial charge in [0.2, 0.25) is 5.88 Å². The Bertz CT molecular complexity index is 366. The fourth-order valence-corrected chi connectivity index (χ4v) is 1.23. The number of carbonyl (C=O) groups excluding carboxylic acids is 1. The molecule has 16 heavy (non-hydrogen) atoms. The third-order valence-corrected chi connectivity index (χ3v) is 2.03. The molecule has 1 aromatic rings. The molecule has 0 aromatic carbocycles. The lowest BCUT2D eigenvalue weighted by molar-refractivity contribution is 0.0995. The molecule has 0 bridgehead atoms. The zero-order valence-electron chi connectivity index (χ0n) is 9.62. The molecular formula is C11H17N3O2. The van der Waals surface area contributed by atoms with Gasteiger partial charge in [-0.15, -0.1) is 0 Å². The second-order valence-electron chi connectivity index (χ2n) is 3.37. The first-order valence-corrected chi connectivity index (χ1v) is 5.26. The molecule has 5 heteroatoms. The predicted octanol–water partition coefficient (Wildman–Crippen LogP) is 0.477. The molecule has 0 fully saturated rings. The van der Waals surface area contributed by atoms with E-state index < -0.39 is 5.91 Å². The Hall–Kier alpha value is -1.62. The van der Waals surface area contributed by atoms with Gasteiger partial charge >= 0.3 is 0 Å². The molecule has 5 nitrogen and oxygen atoms in total. The van der Waals surface area contributed by atoms with E-state index in [0.717, 1.165) is 12.2 Å². The van der Waals surface area contributed by atoms with Crippen LogP contribution in [-0.4, -0.2) is 30.6 Å². The van der Waals surface area contributed by atoms with Crippen LogP contribution in [0.5, 0.6) is 5.88 Å². The van der Waals surface area contributed by atoms with Crippen molar-refractivity contribution in [3.05, 3.63) is 23.4 Å². The first-order chi connectivity index (χ1) is 7.65. The number of nitrogens with two attached hydrogens (primary N) is 1. The summed E-state index contributed by atoms with van der Waals surface area (Å²) in [5, 5.41) is 3.11.